The van der Waals surface area contributed by atoms with Gasteiger partial charge in [-0.1, -0.05) is 48.5 Å². The zero-order valence-electron chi connectivity index (χ0n) is 14.2. The molecule has 124 valence electrons. The van der Waals surface area contributed by atoms with Crippen LogP contribution in [0.1, 0.15) is 41.4 Å². The second kappa shape index (κ2) is 6.11. The van der Waals surface area contributed by atoms with Gasteiger partial charge in [-0.2, -0.15) is 0 Å². The molecule has 0 radical (unpaired) electrons. The second-order valence-electron chi connectivity index (χ2n) is 6.46. The Morgan fingerprint density at radius 1 is 1.12 bits per heavy atom. The molecule has 0 saturated carbocycles. The molecule has 2 aromatic rings. The third kappa shape index (κ3) is 2.80. The number of amides is 1. The van der Waals surface area contributed by atoms with Gasteiger partial charge in [-0.25, -0.2) is 4.79 Å². The van der Waals surface area contributed by atoms with Crippen molar-refractivity contribution in [2.45, 2.75) is 31.9 Å². The van der Waals surface area contributed by atoms with E-state index in [1.807, 2.05) is 49.4 Å². The van der Waals surface area contributed by atoms with Gasteiger partial charge in [0.05, 0.1) is 11.6 Å². The van der Waals surface area contributed by atoms with Crippen molar-refractivity contribution in [1.82, 2.24) is 4.90 Å². The van der Waals surface area contributed by atoms with Gasteiger partial charge in [0.25, 0.3) is 5.91 Å². The van der Waals surface area contributed by atoms with Gasteiger partial charge in [0.1, 0.15) is 0 Å². The first-order chi connectivity index (χ1) is 11.4. The Morgan fingerprint density at radius 3 is 2.46 bits per heavy atom. The number of hydrogen-bond donors (Lipinski definition) is 0. The van der Waals surface area contributed by atoms with Crippen molar-refractivity contribution in [2.75, 3.05) is 7.05 Å². The van der Waals surface area contributed by atoms with Crippen molar-refractivity contribution >= 4 is 11.9 Å². The number of esters is 1. The van der Waals surface area contributed by atoms with Crippen LogP contribution in [0.3, 0.4) is 0 Å². The molecule has 0 fully saturated rings. The van der Waals surface area contributed by atoms with Crippen LogP contribution in [-0.2, 0) is 16.0 Å². The quantitative estimate of drug-likeness (QED) is 0.814. The first-order valence-corrected chi connectivity index (χ1v) is 8.06. The minimum atomic E-state index is -1.18. The standard InChI is InChI=1S/C20H21NO3/c1-14(15-9-5-4-6-10-15)21(3)19(23)20(2)13-16-11-7-8-12-17(16)18(22)24-20/h4-12,14H,13H2,1-3H3. The van der Waals surface area contributed by atoms with Crippen molar-refractivity contribution in [2.24, 2.45) is 0 Å². The average molecular weight is 323 g/mol. The van der Waals surface area contributed by atoms with Crippen LogP contribution in [-0.4, -0.2) is 29.4 Å². The number of ether oxygens (including phenoxy) is 1. The Kier molecular flexibility index (Phi) is 4.14. The zero-order chi connectivity index (χ0) is 17.3. The fourth-order valence-electron chi connectivity index (χ4n) is 3.16. The van der Waals surface area contributed by atoms with Crippen molar-refractivity contribution in [3.8, 4) is 0 Å². The number of carbonyl (C=O) groups excluding carboxylic acids is 2. The monoisotopic (exact) mass is 323 g/mol. The summed E-state index contributed by atoms with van der Waals surface area (Å²) in [5.41, 5.74) is 1.26. The summed E-state index contributed by atoms with van der Waals surface area (Å²) < 4.78 is 5.54. The Balaban J connectivity index is 1.85. The van der Waals surface area contributed by atoms with Gasteiger partial charge < -0.3 is 9.64 Å². The molecule has 1 aliphatic rings. The molecule has 3 rings (SSSR count). The van der Waals surface area contributed by atoms with Crippen molar-refractivity contribution in [1.29, 1.82) is 0 Å². The summed E-state index contributed by atoms with van der Waals surface area (Å²) in [6.45, 7) is 3.66. The van der Waals surface area contributed by atoms with Gasteiger partial charge >= 0.3 is 5.97 Å². The SMILES string of the molecule is CC(c1ccccc1)N(C)C(=O)C1(C)Cc2ccccc2C(=O)O1. The van der Waals surface area contributed by atoms with Gasteiger partial charge in [0, 0.05) is 13.5 Å². The number of fused-ring (bicyclic) bond motifs is 1. The number of hydrogen-bond acceptors (Lipinski definition) is 3. The molecule has 2 aromatic carbocycles. The topological polar surface area (TPSA) is 46.6 Å². The summed E-state index contributed by atoms with van der Waals surface area (Å²) in [4.78, 5) is 27.0. The Bertz CT molecular complexity index is 771. The zero-order valence-corrected chi connectivity index (χ0v) is 14.2. The maximum Gasteiger partial charge on any atom is 0.339 e. The van der Waals surface area contributed by atoms with E-state index in [-0.39, 0.29) is 11.9 Å². The number of benzene rings is 2. The van der Waals surface area contributed by atoms with Gasteiger partial charge in [-0.05, 0) is 31.0 Å². The lowest BCUT2D eigenvalue weighted by atomic mass is 9.88. The van der Waals surface area contributed by atoms with E-state index in [9.17, 15) is 9.59 Å². The third-order valence-corrected chi connectivity index (χ3v) is 4.72. The second-order valence-corrected chi connectivity index (χ2v) is 6.46. The molecule has 0 saturated heterocycles. The van der Waals surface area contributed by atoms with Crippen LogP contribution in [0.2, 0.25) is 0 Å². The predicted octanol–water partition coefficient (Wildman–Crippen LogP) is 3.38. The van der Waals surface area contributed by atoms with Crippen LogP contribution < -0.4 is 0 Å². The fraction of sp³-hybridized carbons (Fsp3) is 0.300. The summed E-state index contributed by atoms with van der Waals surface area (Å²) in [6, 6.07) is 17.0. The van der Waals surface area contributed by atoms with Crippen LogP contribution in [0.4, 0.5) is 0 Å². The van der Waals surface area contributed by atoms with Gasteiger partial charge in [0.15, 0.2) is 5.60 Å². The van der Waals surface area contributed by atoms with Crippen LogP contribution in [0, 0.1) is 0 Å². The molecule has 1 heterocycles. The third-order valence-electron chi connectivity index (χ3n) is 4.72. The van der Waals surface area contributed by atoms with Crippen LogP contribution in [0.5, 0.6) is 0 Å². The summed E-state index contributed by atoms with van der Waals surface area (Å²) in [5.74, 6) is -0.629. The van der Waals surface area contributed by atoms with E-state index < -0.39 is 11.6 Å². The molecule has 0 N–H and O–H groups in total. The molecule has 1 amide bonds. The molecule has 2 atom stereocenters. The fourth-order valence-corrected chi connectivity index (χ4v) is 3.16. The van der Waals surface area contributed by atoms with Crippen molar-refractivity contribution in [3.05, 3.63) is 71.3 Å². The summed E-state index contributed by atoms with van der Waals surface area (Å²) in [7, 11) is 1.75. The highest BCUT2D eigenvalue weighted by Gasteiger charge is 2.44. The smallest absolute Gasteiger partial charge is 0.339 e. The minimum Gasteiger partial charge on any atom is -0.445 e. The highest BCUT2D eigenvalue weighted by atomic mass is 16.6. The molecular formula is C20H21NO3. The van der Waals surface area contributed by atoms with E-state index in [2.05, 4.69) is 0 Å². The van der Waals surface area contributed by atoms with Gasteiger partial charge in [-0.15, -0.1) is 0 Å². The van der Waals surface area contributed by atoms with Crippen LogP contribution in [0.25, 0.3) is 0 Å². The summed E-state index contributed by atoms with van der Waals surface area (Å²) in [5, 5.41) is 0. The molecule has 24 heavy (non-hydrogen) atoms. The van der Waals surface area contributed by atoms with Gasteiger partial charge in [0.2, 0.25) is 0 Å². The molecule has 4 heteroatoms. The molecule has 0 spiro atoms. The Morgan fingerprint density at radius 2 is 1.75 bits per heavy atom. The minimum absolute atomic E-state index is 0.105. The number of likely N-dealkylation sites (N-methyl/N-ethyl adjacent to an activating group) is 1. The van der Waals surface area contributed by atoms with Crippen molar-refractivity contribution in [3.63, 3.8) is 0 Å². The Labute approximate surface area is 142 Å². The van der Waals surface area contributed by atoms with Crippen molar-refractivity contribution < 1.29 is 14.3 Å². The average Bonchev–Trinajstić information content (AvgIpc) is 2.60. The molecular weight excluding hydrogens is 302 g/mol. The predicted molar refractivity (Wildman–Crippen MR) is 91.6 cm³/mol. The molecule has 0 bridgehead atoms. The lowest BCUT2D eigenvalue weighted by Gasteiger charge is -2.38. The van der Waals surface area contributed by atoms with Crippen LogP contribution in [0.15, 0.2) is 54.6 Å². The van der Waals surface area contributed by atoms with E-state index in [1.54, 1.807) is 31.0 Å². The van der Waals surface area contributed by atoms with Gasteiger partial charge in [-0.3, -0.25) is 4.79 Å². The summed E-state index contributed by atoms with van der Waals surface area (Å²) in [6.07, 6.45) is 0.388. The number of carbonyl (C=O) groups is 2. The maximum absolute atomic E-state index is 13.0. The lowest BCUT2D eigenvalue weighted by Crippen LogP contribution is -2.52. The molecule has 1 aliphatic heterocycles. The first kappa shape index (κ1) is 16.2. The first-order valence-electron chi connectivity index (χ1n) is 8.06. The number of cyclic esters (lactones) is 1. The maximum atomic E-state index is 13.0. The van der Waals surface area contributed by atoms with Crippen LogP contribution >= 0.6 is 0 Å². The molecule has 4 nitrogen and oxygen atoms in total. The van der Waals surface area contributed by atoms with E-state index in [0.717, 1.165) is 11.1 Å². The normalized spacial score (nSPS) is 20.7. The molecule has 2 unspecified atom stereocenters. The Hall–Kier alpha value is -2.62. The van der Waals surface area contributed by atoms with E-state index >= 15 is 0 Å². The van der Waals surface area contributed by atoms with E-state index in [4.69, 9.17) is 4.74 Å². The van der Waals surface area contributed by atoms with E-state index in [1.165, 1.54) is 0 Å². The highest BCUT2D eigenvalue weighted by Crippen LogP contribution is 2.31. The van der Waals surface area contributed by atoms with E-state index in [0.29, 0.717) is 12.0 Å². The highest BCUT2D eigenvalue weighted by molar-refractivity contribution is 5.97. The summed E-state index contributed by atoms with van der Waals surface area (Å²) >= 11 is 0. The lowest BCUT2D eigenvalue weighted by molar-refractivity contribution is -0.151. The molecule has 0 aliphatic carbocycles. The molecule has 0 aromatic heterocycles. The number of nitrogens with zero attached hydrogens (tertiary/aromatic N) is 1. The largest absolute Gasteiger partial charge is 0.445 e. The number of rotatable bonds is 3.